The number of para-hydroxylation sites is 2. The van der Waals surface area contributed by atoms with Crippen LogP contribution in [0.3, 0.4) is 0 Å². The second-order valence-corrected chi connectivity index (χ2v) is 22.8. The molecule has 12 aromatic carbocycles. The molecule has 6 aliphatic rings. The highest BCUT2D eigenvalue weighted by Gasteiger charge is 2.54. The molecule has 0 saturated carbocycles. The summed E-state index contributed by atoms with van der Waals surface area (Å²) < 4.78 is 6.84. The average molecular weight is 1010 g/mol. The van der Waals surface area contributed by atoms with E-state index in [1.54, 1.807) is 0 Å². The van der Waals surface area contributed by atoms with E-state index in [9.17, 15) is 0 Å². The maximum atomic E-state index is 6.84. The van der Waals surface area contributed by atoms with Gasteiger partial charge in [-0.15, -0.1) is 0 Å². The number of hydrogen-bond donors (Lipinski definition) is 0. The van der Waals surface area contributed by atoms with Crippen molar-refractivity contribution in [2.24, 2.45) is 0 Å². The first-order valence-corrected chi connectivity index (χ1v) is 28.0. The highest BCUT2D eigenvalue weighted by molar-refractivity contribution is 7.99. The van der Waals surface area contributed by atoms with Gasteiger partial charge in [0.15, 0.2) is 0 Å². The minimum Gasteiger partial charge on any atom is -0.457 e. The van der Waals surface area contributed by atoms with Crippen molar-refractivity contribution in [3.8, 4) is 56.0 Å². The van der Waals surface area contributed by atoms with Crippen LogP contribution in [0.1, 0.15) is 66.8 Å². The van der Waals surface area contributed by atoms with E-state index < -0.39 is 16.2 Å². The van der Waals surface area contributed by atoms with Gasteiger partial charge in [0.2, 0.25) is 0 Å². The molecule has 2 nitrogen and oxygen atoms in total. The van der Waals surface area contributed by atoms with Gasteiger partial charge in [0.1, 0.15) is 11.5 Å². The Kier molecular flexibility index (Phi) is 8.43. The molecule has 0 aromatic heterocycles. The van der Waals surface area contributed by atoms with Gasteiger partial charge in [-0.05, 0) is 161 Å². The summed E-state index contributed by atoms with van der Waals surface area (Å²) in [6.45, 7) is 0. The molecule has 3 spiro atoms. The lowest BCUT2D eigenvalue weighted by Gasteiger charge is -2.40. The Morgan fingerprint density at radius 2 is 0.487 bits per heavy atom. The fourth-order valence-electron chi connectivity index (χ4n) is 15.6. The van der Waals surface area contributed by atoms with Gasteiger partial charge in [0.05, 0.1) is 16.2 Å². The monoisotopic (exact) mass is 1010 g/mol. The molecule has 3 heteroatoms. The highest BCUT2D eigenvalue weighted by atomic mass is 32.2. The zero-order valence-corrected chi connectivity index (χ0v) is 43.1. The van der Waals surface area contributed by atoms with E-state index in [0.717, 1.165) is 39.7 Å². The predicted octanol–water partition coefficient (Wildman–Crippen LogP) is 18.8. The molecule has 2 heterocycles. The topological polar surface area (TPSA) is 12.5 Å². The standard InChI is InChI=1S/C75H45NOS/c1-6-24-57-49(19-1)50-20-2-7-25-58(50)73(57)59-26-8-3-21-51(59)54-40-37-46(43-66(54)73)76(47-38-41-55-52-22-4-9-27-60(52)74(67(55)44-47)62-29-11-15-33-69(62)77-70-34-16-12-30-63(70)74)48-39-42-56-53-23-5-10-28-61(53)75(68(56)45-48)64-31-13-17-35-71(64)78-72-36-18-14-32-65(72)75/h1-45H. The van der Waals surface area contributed by atoms with Crippen molar-refractivity contribution in [1.29, 1.82) is 0 Å². The summed E-state index contributed by atoms with van der Waals surface area (Å²) in [5.41, 5.74) is 27.2. The molecule has 0 fully saturated rings. The molecule has 12 aromatic rings. The van der Waals surface area contributed by atoms with Crippen molar-refractivity contribution in [3.63, 3.8) is 0 Å². The van der Waals surface area contributed by atoms with Gasteiger partial charge in [0, 0.05) is 38.0 Å². The van der Waals surface area contributed by atoms with Crippen LogP contribution in [0.2, 0.25) is 0 Å². The predicted molar refractivity (Wildman–Crippen MR) is 316 cm³/mol. The van der Waals surface area contributed by atoms with Crippen LogP contribution >= 0.6 is 11.8 Å². The van der Waals surface area contributed by atoms with Crippen molar-refractivity contribution >= 4 is 28.8 Å². The lowest BCUT2D eigenvalue weighted by atomic mass is 9.66. The van der Waals surface area contributed by atoms with Crippen molar-refractivity contribution in [3.05, 3.63) is 340 Å². The summed E-state index contributed by atoms with van der Waals surface area (Å²) in [4.78, 5) is 5.16. The third-order valence-electron chi connectivity index (χ3n) is 18.4. The Morgan fingerprint density at radius 1 is 0.231 bits per heavy atom. The number of rotatable bonds is 3. The van der Waals surface area contributed by atoms with Crippen LogP contribution < -0.4 is 9.64 Å². The van der Waals surface area contributed by atoms with Crippen LogP contribution in [0.15, 0.2) is 283 Å². The minimum atomic E-state index is -0.642. The molecule has 0 saturated heterocycles. The zero-order chi connectivity index (χ0) is 50.9. The maximum Gasteiger partial charge on any atom is 0.132 e. The zero-order valence-electron chi connectivity index (χ0n) is 42.2. The molecule has 362 valence electrons. The fourth-order valence-corrected chi connectivity index (χ4v) is 16.8. The molecule has 2 aliphatic heterocycles. The second kappa shape index (κ2) is 15.4. The minimum absolute atomic E-state index is 0.517. The summed E-state index contributed by atoms with van der Waals surface area (Å²) in [7, 11) is 0. The first-order chi connectivity index (χ1) is 38.7. The third kappa shape index (κ3) is 5.12. The molecular weight excluding hydrogens is 963 g/mol. The van der Waals surface area contributed by atoms with Crippen LogP contribution in [-0.4, -0.2) is 0 Å². The Morgan fingerprint density at radius 3 is 0.846 bits per heavy atom. The van der Waals surface area contributed by atoms with Crippen LogP contribution in [0, 0.1) is 0 Å². The Balaban J connectivity index is 0.943. The van der Waals surface area contributed by atoms with Gasteiger partial charge in [-0.25, -0.2) is 0 Å². The van der Waals surface area contributed by atoms with Gasteiger partial charge in [0.25, 0.3) is 0 Å². The quantitative estimate of drug-likeness (QED) is 0.175. The first kappa shape index (κ1) is 42.8. The summed E-state index contributed by atoms with van der Waals surface area (Å²) in [5, 5.41) is 0. The SMILES string of the molecule is c1ccc2c(c1)Oc1ccccc1C21c2ccccc2-c2ccc(N(c3ccc4c(c3)C3(c5ccccc5Sc5ccccc53)c3ccccc3-4)c3ccc4c(c3)C3(c5ccccc5-c5ccccc53)c3ccccc3-4)cc21. The number of nitrogens with zero attached hydrogens (tertiary/aromatic N) is 1. The van der Waals surface area contributed by atoms with Gasteiger partial charge < -0.3 is 9.64 Å². The van der Waals surface area contributed by atoms with Crippen molar-refractivity contribution in [2.45, 2.75) is 26.0 Å². The molecular formula is C75H45NOS. The average Bonchev–Trinajstić information content (AvgIpc) is 4.36. The molecule has 78 heavy (non-hydrogen) atoms. The second-order valence-electron chi connectivity index (χ2n) is 21.7. The summed E-state index contributed by atoms with van der Waals surface area (Å²) >= 11 is 1.89. The van der Waals surface area contributed by atoms with E-state index in [1.807, 2.05) is 11.8 Å². The first-order valence-electron chi connectivity index (χ1n) is 27.1. The lowest BCUT2D eigenvalue weighted by molar-refractivity contribution is 0.436. The van der Waals surface area contributed by atoms with Crippen molar-refractivity contribution < 1.29 is 4.74 Å². The summed E-state index contributed by atoms with van der Waals surface area (Å²) in [6, 6.07) is 103. The Hall–Kier alpha value is -9.41. The van der Waals surface area contributed by atoms with Crippen LogP contribution in [0.25, 0.3) is 44.5 Å². The smallest absolute Gasteiger partial charge is 0.132 e. The van der Waals surface area contributed by atoms with E-state index in [4.69, 9.17) is 4.74 Å². The Bertz CT molecular complexity index is 4270. The Labute approximate surface area is 457 Å². The summed E-state index contributed by atoms with van der Waals surface area (Å²) in [5.74, 6) is 1.77. The normalized spacial score (nSPS) is 15.3. The molecule has 4 aliphatic carbocycles. The number of ether oxygens (including phenoxy) is 1. The number of anilines is 3. The molecule has 0 radical (unpaired) electrons. The number of fused-ring (bicyclic) bond motifs is 28. The van der Waals surface area contributed by atoms with E-state index in [2.05, 4.69) is 278 Å². The van der Waals surface area contributed by atoms with Crippen LogP contribution in [-0.2, 0) is 16.2 Å². The van der Waals surface area contributed by atoms with Crippen molar-refractivity contribution in [1.82, 2.24) is 0 Å². The van der Waals surface area contributed by atoms with E-state index in [0.29, 0.717) is 0 Å². The molecule has 0 amide bonds. The van der Waals surface area contributed by atoms with Gasteiger partial charge in [-0.1, -0.05) is 224 Å². The maximum absolute atomic E-state index is 6.84. The molecule has 0 N–H and O–H groups in total. The molecule has 0 bridgehead atoms. The number of hydrogen-bond acceptors (Lipinski definition) is 3. The van der Waals surface area contributed by atoms with Gasteiger partial charge in [-0.2, -0.15) is 0 Å². The van der Waals surface area contributed by atoms with Crippen molar-refractivity contribution in [2.75, 3.05) is 4.90 Å². The van der Waals surface area contributed by atoms with Crippen LogP contribution in [0.4, 0.5) is 17.1 Å². The third-order valence-corrected chi connectivity index (χ3v) is 19.6. The molecule has 18 rings (SSSR count). The van der Waals surface area contributed by atoms with Crippen LogP contribution in [0.5, 0.6) is 11.5 Å². The summed E-state index contributed by atoms with van der Waals surface area (Å²) in [6.07, 6.45) is 0. The largest absolute Gasteiger partial charge is 0.457 e. The lowest BCUT2D eigenvalue weighted by Crippen LogP contribution is -2.32. The van der Waals surface area contributed by atoms with E-state index in [-0.39, 0.29) is 0 Å². The highest BCUT2D eigenvalue weighted by Crippen LogP contribution is 2.67. The fraction of sp³-hybridized carbons (Fsp3) is 0.0400. The molecule has 0 atom stereocenters. The van der Waals surface area contributed by atoms with Gasteiger partial charge in [-0.3, -0.25) is 0 Å². The number of benzene rings is 12. The van der Waals surface area contributed by atoms with E-state index in [1.165, 1.54) is 110 Å². The van der Waals surface area contributed by atoms with E-state index >= 15 is 0 Å². The van der Waals surface area contributed by atoms with Gasteiger partial charge >= 0.3 is 0 Å². The molecule has 0 unspecified atom stereocenters.